The maximum atomic E-state index is 14.1. The Morgan fingerprint density at radius 3 is 3.00 bits per heavy atom. The molecule has 0 radical (unpaired) electrons. The Kier molecular flexibility index (Phi) is 3.28. The molecule has 1 aromatic heterocycles. The fraction of sp³-hybridized carbons (Fsp3) is 0.500. The number of fused-ring (bicyclic) bond motifs is 1. The molecule has 2 heterocycles. The lowest BCUT2D eigenvalue weighted by Crippen LogP contribution is -2.27. The first-order valence-corrected chi connectivity index (χ1v) is 7.32. The lowest BCUT2D eigenvalue weighted by Gasteiger charge is -2.20. The first-order chi connectivity index (χ1) is 9.02. The van der Waals surface area contributed by atoms with Crippen LogP contribution in [0.3, 0.4) is 0 Å². The molecule has 0 aliphatic carbocycles. The van der Waals surface area contributed by atoms with Crippen molar-refractivity contribution in [3.63, 3.8) is 0 Å². The average molecular weight is 280 g/mol. The van der Waals surface area contributed by atoms with E-state index in [0.29, 0.717) is 24.7 Å². The van der Waals surface area contributed by atoms with E-state index in [0.717, 1.165) is 21.6 Å². The largest absolute Gasteiger partial charge is 0.392 e. The Morgan fingerprint density at radius 2 is 2.32 bits per heavy atom. The summed E-state index contributed by atoms with van der Waals surface area (Å²) in [5.41, 5.74) is 1.53. The maximum absolute atomic E-state index is 14.1. The average Bonchev–Trinajstić information content (AvgIpc) is 2.81. The minimum atomic E-state index is -0.289. The van der Waals surface area contributed by atoms with Crippen LogP contribution in [0.4, 0.5) is 4.39 Å². The lowest BCUT2D eigenvalue weighted by molar-refractivity contribution is 0.172. The zero-order valence-corrected chi connectivity index (χ0v) is 11.9. The van der Waals surface area contributed by atoms with E-state index >= 15 is 0 Å². The fourth-order valence-corrected chi connectivity index (χ4v) is 3.57. The number of β-amino-alcohol motifs (C(OH)–C–C–N with tert-alkyl or cyclic N) is 1. The van der Waals surface area contributed by atoms with Gasteiger partial charge >= 0.3 is 0 Å². The molecular weight excluding hydrogens is 263 g/mol. The second kappa shape index (κ2) is 4.81. The molecule has 1 N–H and O–H groups in total. The summed E-state index contributed by atoms with van der Waals surface area (Å²) in [5, 5.41) is 10.6. The highest BCUT2D eigenvalue weighted by molar-refractivity contribution is 7.18. The monoisotopic (exact) mass is 280 g/mol. The van der Waals surface area contributed by atoms with Crippen LogP contribution in [0.15, 0.2) is 12.1 Å². The minimum absolute atomic E-state index is 0.176. The van der Waals surface area contributed by atoms with Crippen LogP contribution in [0.2, 0.25) is 0 Å². The number of hydrogen-bond acceptors (Lipinski definition) is 4. The molecule has 3 rings (SSSR count). The molecule has 1 fully saturated rings. The highest BCUT2D eigenvalue weighted by Crippen LogP contribution is 2.27. The normalized spacial score (nSPS) is 24.4. The SMILES string of the molecule is Cc1nc2cc(CN3CC(O)CC3C)c(F)cc2s1. The van der Waals surface area contributed by atoms with Gasteiger partial charge in [0.1, 0.15) is 5.82 Å². The van der Waals surface area contributed by atoms with Gasteiger partial charge < -0.3 is 5.11 Å². The Hall–Kier alpha value is -1.04. The van der Waals surface area contributed by atoms with Crippen molar-refractivity contribution in [2.75, 3.05) is 6.54 Å². The first-order valence-electron chi connectivity index (χ1n) is 6.50. The molecule has 1 aliphatic heterocycles. The molecule has 5 heteroatoms. The van der Waals surface area contributed by atoms with Gasteiger partial charge in [-0.3, -0.25) is 4.90 Å². The van der Waals surface area contributed by atoms with Crippen LogP contribution >= 0.6 is 11.3 Å². The van der Waals surface area contributed by atoms with Crippen molar-refractivity contribution in [2.24, 2.45) is 0 Å². The van der Waals surface area contributed by atoms with Crippen LogP contribution < -0.4 is 0 Å². The van der Waals surface area contributed by atoms with E-state index < -0.39 is 0 Å². The first kappa shape index (κ1) is 13.0. The Bertz CT molecular complexity index is 613. The number of rotatable bonds is 2. The maximum Gasteiger partial charge on any atom is 0.129 e. The van der Waals surface area contributed by atoms with E-state index in [2.05, 4.69) is 16.8 Å². The molecule has 0 amide bonds. The number of aryl methyl sites for hydroxylation is 1. The third-order valence-corrected chi connectivity index (χ3v) is 4.65. The van der Waals surface area contributed by atoms with Crippen LogP contribution in [0.25, 0.3) is 10.2 Å². The summed E-state index contributed by atoms with van der Waals surface area (Å²) in [7, 11) is 0. The van der Waals surface area contributed by atoms with Gasteiger partial charge in [0.05, 0.1) is 21.3 Å². The predicted molar refractivity (Wildman–Crippen MR) is 74.8 cm³/mol. The number of aromatic nitrogens is 1. The van der Waals surface area contributed by atoms with Crippen molar-refractivity contribution >= 4 is 21.6 Å². The van der Waals surface area contributed by atoms with Gasteiger partial charge in [0.2, 0.25) is 0 Å². The number of halogens is 1. The van der Waals surface area contributed by atoms with Crippen LogP contribution in [-0.2, 0) is 6.54 Å². The lowest BCUT2D eigenvalue weighted by atomic mass is 10.1. The molecule has 2 atom stereocenters. The quantitative estimate of drug-likeness (QED) is 0.919. The van der Waals surface area contributed by atoms with E-state index in [1.165, 1.54) is 11.3 Å². The molecule has 1 aromatic carbocycles. The third-order valence-electron chi connectivity index (χ3n) is 3.72. The predicted octanol–water partition coefficient (Wildman–Crippen LogP) is 2.70. The van der Waals surface area contributed by atoms with Gasteiger partial charge in [-0.15, -0.1) is 11.3 Å². The molecule has 0 saturated carbocycles. The summed E-state index contributed by atoms with van der Waals surface area (Å²) in [6.45, 7) is 5.16. The van der Waals surface area contributed by atoms with Crippen LogP contribution in [0, 0.1) is 12.7 Å². The number of aliphatic hydroxyl groups excluding tert-OH is 1. The van der Waals surface area contributed by atoms with Crippen molar-refractivity contribution in [1.82, 2.24) is 9.88 Å². The summed E-state index contributed by atoms with van der Waals surface area (Å²) in [6.07, 6.45) is 0.475. The summed E-state index contributed by atoms with van der Waals surface area (Å²) in [5.74, 6) is -0.176. The number of likely N-dealkylation sites (tertiary alicyclic amines) is 1. The minimum Gasteiger partial charge on any atom is -0.392 e. The second-order valence-corrected chi connectivity index (χ2v) is 6.55. The Balaban J connectivity index is 1.90. The van der Waals surface area contributed by atoms with E-state index in [1.807, 2.05) is 13.0 Å². The van der Waals surface area contributed by atoms with Gasteiger partial charge in [0, 0.05) is 24.7 Å². The van der Waals surface area contributed by atoms with Gasteiger partial charge in [-0.2, -0.15) is 0 Å². The van der Waals surface area contributed by atoms with E-state index in [1.54, 1.807) is 6.07 Å². The third kappa shape index (κ3) is 2.50. The molecule has 1 aliphatic rings. The van der Waals surface area contributed by atoms with Gasteiger partial charge in [-0.05, 0) is 32.4 Å². The Morgan fingerprint density at radius 1 is 1.53 bits per heavy atom. The smallest absolute Gasteiger partial charge is 0.129 e. The van der Waals surface area contributed by atoms with Crippen LogP contribution in [0.5, 0.6) is 0 Å². The molecule has 0 spiro atoms. The second-order valence-electron chi connectivity index (χ2n) is 5.31. The zero-order chi connectivity index (χ0) is 13.6. The topological polar surface area (TPSA) is 36.4 Å². The zero-order valence-electron chi connectivity index (χ0n) is 11.1. The molecule has 102 valence electrons. The van der Waals surface area contributed by atoms with E-state index in [-0.39, 0.29) is 11.9 Å². The van der Waals surface area contributed by atoms with Crippen molar-refractivity contribution in [3.05, 3.63) is 28.5 Å². The molecule has 0 bridgehead atoms. The van der Waals surface area contributed by atoms with Gasteiger partial charge in [-0.25, -0.2) is 9.37 Å². The van der Waals surface area contributed by atoms with Crippen LogP contribution in [-0.4, -0.2) is 33.7 Å². The van der Waals surface area contributed by atoms with E-state index in [4.69, 9.17) is 0 Å². The van der Waals surface area contributed by atoms with Crippen molar-refractivity contribution in [2.45, 2.75) is 39.0 Å². The van der Waals surface area contributed by atoms with Crippen molar-refractivity contribution in [3.8, 4) is 0 Å². The molecular formula is C14H17FN2OS. The molecule has 2 unspecified atom stereocenters. The van der Waals surface area contributed by atoms with Crippen molar-refractivity contribution in [1.29, 1.82) is 0 Å². The summed E-state index contributed by atoms with van der Waals surface area (Å²) in [4.78, 5) is 6.53. The van der Waals surface area contributed by atoms with Gasteiger partial charge in [0.15, 0.2) is 0 Å². The number of hydrogen-bond donors (Lipinski definition) is 1. The fourth-order valence-electron chi connectivity index (χ4n) is 2.74. The van der Waals surface area contributed by atoms with Gasteiger partial charge in [-0.1, -0.05) is 0 Å². The summed E-state index contributed by atoms with van der Waals surface area (Å²) >= 11 is 1.51. The number of thiazole rings is 1. The molecule has 1 saturated heterocycles. The molecule has 2 aromatic rings. The summed E-state index contributed by atoms with van der Waals surface area (Å²) in [6, 6.07) is 3.71. The number of nitrogens with zero attached hydrogens (tertiary/aromatic N) is 2. The Labute approximate surface area is 115 Å². The molecule has 19 heavy (non-hydrogen) atoms. The highest BCUT2D eigenvalue weighted by Gasteiger charge is 2.28. The molecule has 3 nitrogen and oxygen atoms in total. The highest BCUT2D eigenvalue weighted by atomic mass is 32.1. The van der Waals surface area contributed by atoms with Gasteiger partial charge in [0.25, 0.3) is 0 Å². The van der Waals surface area contributed by atoms with Crippen LogP contribution in [0.1, 0.15) is 23.9 Å². The standard InChI is InChI=1S/C14H17FN2OS/c1-8-3-11(18)7-17(8)6-10-4-13-14(5-12(10)15)19-9(2)16-13/h4-5,8,11,18H,3,6-7H2,1-2H3. The summed E-state index contributed by atoms with van der Waals surface area (Å²) < 4.78 is 15.0. The van der Waals surface area contributed by atoms with E-state index in [9.17, 15) is 9.50 Å². The van der Waals surface area contributed by atoms with Crippen molar-refractivity contribution < 1.29 is 9.50 Å². The number of benzene rings is 1. The number of aliphatic hydroxyl groups is 1.